The third-order valence-electron chi connectivity index (χ3n) is 4.93. The number of hydrogen-bond acceptors (Lipinski definition) is 9. The Morgan fingerprint density at radius 2 is 1.66 bits per heavy atom. The van der Waals surface area contributed by atoms with E-state index in [2.05, 4.69) is 15.6 Å². The molecule has 0 aliphatic rings. The van der Waals surface area contributed by atoms with Crippen molar-refractivity contribution < 1.29 is 33.6 Å². The minimum atomic E-state index is -1.22. The van der Waals surface area contributed by atoms with Gasteiger partial charge >= 0.3 is 5.97 Å². The van der Waals surface area contributed by atoms with E-state index >= 15 is 0 Å². The highest BCUT2D eigenvalue weighted by molar-refractivity contribution is 5.98. The SMILES string of the molecule is COc1ccc(-c2cnnn2-c2cc(OC)c(OC)c(OC)c2)cc1NC(=O)C(N)CC(=O)O.Cl. The molecule has 13 heteroatoms. The van der Waals surface area contributed by atoms with Crippen molar-refractivity contribution in [2.75, 3.05) is 33.8 Å². The van der Waals surface area contributed by atoms with Crippen molar-refractivity contribution in [2.45, 2.75) is 12.5 Å². The van der Waals surface area contributed by atoms with Gasteiger partial charge in [-0.3, -0.25) is 9.59 Å². The Morgan fingerprint density at radius 3 is 2.20 bits per heavy atom. The van der Waals surface area contributed by atoms with Crippen LogP contribution in [0.5, 0.6) is 23.0 Å². The van der Waals surface area contributed by atoms with E-state index in [0.29, 0.717) is 45.6 Å². The van der Waals surface area contributed by atoms with Gasteiger partial charge in [0.15, 0.2) is 11.5 Å². The maximum Gasteiger partial charge on any atom is 0.305 e. The zero-order valence-corrected chi connectivity index (χ0v) is 20.3. The van der Waals surface area contributed by atoms with Gasteiger partial charge in [0.05, 0.1) is 64.2 Å². The van der Waals surface area contributed by atoms with Crippen molar-refractivity contribution in [3.8, 4) is 39.9 Å². The molecule has 1 heterocycles. The number of halogens is 1. The number of aromatic nitrogens is 3. The minimum Gasteiger partial charge on any atom is -0.495 e. The van der Waals surface area contributed by atoms with Crippen LogP contribution in [0.4, 0.5) is 5.69 Å². The summed E-state index contributed by atoms with van der Waals surface area (Å²) in [5.74, 6) is -0.159. The monoisotopic (exact) mass is 507 g/mol. The second-order valence-electron chi connectivity index (χ2n) is 7.02. The first-order valence-electron chi connectivity index (χ1n) is 10.0. The fourth-order valence-electron chi connectivity index (χ4n) is 3.28. The van der Waals surface area contributed by atoms with Gasteiger partial charge in [-0.1, -0.05) is 5.21 Å². The lowest BCUT2D eigenvalue weighted by atomic mass is 10.1. The number of carboxylic acid groups (broad SMARTS) is 1. The molecule has 35 heavy (non-hydrogen) atoms. The molecule has 0 saturated carbocycles. The van der Waals surface area contributed by atoms with Crippen LogP contribution in [0.15, 0.2) is 36.5 Å². The molecular weight excluding hydrogens is 482 g/mol. The Morgan fingerprint density at radius 1 is 1.03 bits per heavy atom. The molecular formula is C22H26ClN5O7. The lowest BCUT2D eigenvalue weighted by molar-refractivity contribution is -0.138. The Hall–Kier alpha value is -4.03. The molecule has 1 aromatic heterocycles. The molecule has 0 aliphatic carbocycles. The average molecular weight is 508 g/mol. The lowest BCUT2D eigenvalue weighted by Crippen LogP contribution is -2.37. The predicted molar refractivity (Wildman–Crippen MR) is 129 cm³/mol. The largest absolute Gasteiger partial charge is 0.495 e. The molecule has 0 fully saturated rings. The first-order valence-corrected chi connectivity index (χ1v) is 10.0. The first kappa shape index (κ1) is 27.2. The highest BCUT2D eigenvalue weighted by atomic mass is 35.5. The normalized spacial score (nSPS) is 11.1. The second-order valence-corrected chi connectivity index (χ2v) is 7.02. The number of aliphatic carboxylic acids is 1. The maximum absolute atomic E-state index is 12.4. The van der Waals surface area contributed by atoms with Crippen molar-refractivity contribution in [3.05, 3.63) is 36.5 Å². The Bertz CT molecular complexity index is 1180. The summed E-state index contributed by atoms with van der Waals surface area (Å²) in [4.78, 5) is 23.3. The van der Waals surface area contributed by atoms with Gasteiger partial charge in [-0.2, -0.15) is 0 Å². The number of ether oxygens (including phenoxy) is 4. The number of carbonyl (C=O) groups excluding carboxylic acids is 1. The molecule has 0 radical (unpaired) electrons. The second kappa shape index (κ2) is 11.9. The molecule has 1 amide bonds. The standard InChI is InChI=1S/C22H25N5O7.ClH/c1-31-17-6-5-12(7-15(17)25-22(30)14(23)10-20(28)29)16-11-24-26-27(16)13-8-18(32-2)21(34-4)19(9-13)33-3;/h5-9,11,14H,10,23H2,1-4H3,(H,25,30)(H,28,29);1H. The van der Waals surface area contributed by atoms with Crippen LogP contribution in [0.1, 0.15) is 6.42 Å². The zero-order chi connectivity index (χ0) is 24.8. The molecule has 3 rings (SSSR count). The molecule has 0 spiro atoms. The third kappa shape index (κ3) is 5.91. The summed E-state index contributed by atoms with van der Waals surface area (Å²) in [5, 5.41) is 19.7. The van der Waals surface area contributed by atoms with Gasteiger partial charge < -0.3 is 35.1 Å². The highest BCUT2D eigenvalue weighted by Crippen LogP contribution is 2.40. The topological polar surface area (TPSA) is 160 Å². The first-order chi connectivity index (χ1) is 16.3. The molecule has 1 unspecified atom stereocenters. The van der Waals surface area contributed by atoms with Crippen LogP contribution in [0.2, 0.25) is 0 Å². The fraction of sp³-hybridized carbons (Fsp3) is 0.273. The molecule has 3 aromatic rings. The number of hydrogen-bond donors (Lipinski definition) is 3. The number of nitrogens with two attached hydrogens (primary N) is 1. The van der Waals surface area contributed by atoms with Crippen LogP contribution in [0, 0.1) is 0 Å². The molecule has 0 saturated heterocycles. The molecule has 1 atom stereocenters. The summed E-state index contributed by atoms with van der Waals surface area (Å²) in [7, 11) is 5.98. The number of amides is 1. The van der Waals surface area contributed by atoms with Gasteiger partial charge in [-0.05, 0) is 18.2 Å². The minimum absolute atomic E-state index is 0. The Labute approximate surface area is 207 Å². The van der Waals surface area contributed by atoms with Gasteiger partial charge in [0, 0.05) is 17.7 Å². The molecule has 2 aromatic carbocycles. The van der Waals surface area contributed by atoms with Gasteiger partial charge in [-0.25, -0.2) is 4.68 Å². The zero-order valence-electron chi connectivity index (χ0n) is 19.5. The van der Waals surface area contributed by atoms with Crippen molar-refractivity contribution in [1.82, 2.24) is 15.0 Å². The van der Waals surface area contributed by atoms with E-state index in [1.165, 1.54) is 28.4 Å². The summed E-state index contributed by atoms with van der Waals surface area (Å²) in [6.07, 6.45) is 1.04. The van der Waals surface area contributed by atoms with Gasteiger partial charge in [0.2, 0.25) is 11.7 Å². The number of methoxy groups -OCH3 is 4. The van der Waals surface area contributed by atoms with E-state index in [9.17, 15) is 9.59 Å². The van der Waals surface area contributed by atoms with Gasteiger partial charge in [0.1, 0.15) is 5.75 Å². The third-order valence-corrected chi connectivity index (χ3v) is 4.93. The average Bonchev–Trinajstić information content (AvgIpc) is 3.32. The molecule has 0 aliphatic heterocycles. The van der Waals surface area contributed by atoms with E-state index in [-0.39, 0.29) is 12.4 Å². The Kier molecular flexibility index (Phi) is 9.26. The van der Waals surface area contributed by atoms with Crippen molar-refractivity contribution in [3.63, 3.8) is 0 Å². The number of nitrogens with one attached hydrogen (secondary N) is 1. The lowest BCUT2D eigenvalue weighted by Gasteiger charge is -2.16. The van der Waals surface area contributed by atoms with Crippen LogP contribution < -0.4 is 30.0 Å². The van der Waals surface area contributed by atoms with Crippen molar-refractivity contribution in [1.29, 1.82) is 0 Å². The van der Waals surface area contributed by atoms with E-state index in [1.807, 2.05) is 0 Å². The number of benzene rings is 2. The number of carbonyl (C=O) groups is 2. The summed E-state index contributed by atoms with van der Waals surface area (Å²) in [6, 6.07) is 7.28. The number of carboxylic acids is 1. The predicted octanol–water partition coefficient (Wildman–Crippen LogP) is 2.13. The Balaban J connectivity index is 0.00000432. The highest BCUT2D eigenvalue weighted by Gasteiger charge is 2.21. The van der Waals surface area contributed by atoms with E-state index < -0.39 is 24.3 Å². The van der Waals surface area contributed by atoms with Crippen LogP contribution >= 0.6 is 12.4 Å². The molecule has 4 N–H and O–H groups in total. The fourth-order valence-corrected chi connectivity index (χ4v) is 3.28. The van der Waals surface area contributed by atoms with Crippen LogP contribution in [-0.4, -0.2) is 66.5 Å². The van der Waals surface area contributed by atoms with Gasteiger partial charge in [-0.15, -0.1) is 17.5 Å². The molecule has 12 nitrogen and oxygen atoms in total. The number of nitrogens with zero attached hydrogens (tertiary/aromatic N) is 3. The molecule has 0 bridgehead atoms. The van der Waals surface area contributed by atoms with Gasteiger partial charge in [0.25, 0.3) is 0 Å². The van der Waals surface area contributed by atoms with E-state index in [1.54, 1.807) is 41.2 Å². The summed E-state index contributed by atoms with van der Waals surface area (Å²) < 4.78 is 23.1. The smallest absolute Gasteiger partial charge is 0.305 e. The van der Waals surface area contributed by atoms with Crippen LogP contribution in [0.25, 0.3) is 16.9 Å². The maximum atomic E-state index is 12.4. The summed E-state index contributed by atoms with van der Waals surface area (Å²) in [5.41, 5.74) is 7.80. The van der Waals surface area contributed by atoms with Crippen LogP contribution in [0.3, 0.4) is 0 Å². The van der Waals surface area contributed by atoms with Crippen molar-refractivity contribution >= 4 is 30.0 Å². The van der Waals surface area contributed by atoms with E-state index in [0.717, 1.165) is 0 Å². The quantitative estimate of drug-likeness (QED) is 0.370. The number of rotatable bonds is 10. The van der Waals surface area contributed by atoms with Crippen LogP contribution in [-0.2, 0) is 9.59 Å². The summed E-state index contributed by atoms with van der Waals surface area (Å²) in [6.45, 7) is 0. The summed E-state index contributed by atoms with van der Waals surface area (Å²) >= 11 is 0. The molecule has 188 valence electrons. The van der Waals surface area contributed by atoms with Crippen molar-refractivity contribution in [2.24, 2.45) is 5.73 Å². The number of anilines is 1. The van der Waals surface area contributed by atoms with E-state index in [4.69, 9.17) is 29.8 Å².